The molecular weight excluding hydrogens is 180 g/mol. The van der Waals surface area contributed by atoms with Crippen LogP contribution in [0.15, 0.2) is 24.3 Å². The van der Waals surface area contributed by atoms with Gasteiger partial charge in [0.25, 0.3) is 5.91 Å². The Labute approximate surface area is 82.9 Å². The van der Waals surface area contributed by atoms with Crippen molar-refractivity contribution in [3.8, 4) is 5.75 Å². The number of benzene rings is 1. The number of nitrogens with two attached hydrogens (primary N) is 1. The molecular formula is C10H14N2O2. The molecule has 0 saturated carbocycles. The van der Waals surface area contributed by atoms with Gasteiger partial charge in [0.15, 0.2) is 0 Å². The molecule has 1 amide bonds. The van der Waals surface area contributed by atoms with E-state index >= 15 is 0 Å². The minimum absolute atomic E-state index is 0.0875. The van der Waals surface area contributed by atoms with E-state index in [1.807, 2.05) is 0 Å². The third-order valence-electron chi connectivity index (χ3n) is 1.93. The fraction of sp³-hybridized carbons (Fsp3) is 0.300. The lowest BCUT2D eigenvalue weighted by Gasteiger charge is -2.15. The number of hydrogen-bond donors (Lipinski definition) is 2. The van der Waals surface area contributed by atoms with E-state index in [0.717, 1.165) is 0 Å². The fourth-order valence-electron chi connectivity index (χ4n) is 1.12. The highest BCUT2D eigenvalue weighted by molar-refractivity contribution is 5.94. The van der Waals surface area contributed by atoms with Crippen molar-refractivity contribution in [1.82, 2.24) is 4.90 Å². The number of rotatable bonds is 3. The summed E-state index contributed by atoms with van der Waals surface area (Å²) in [5, 5.41) is 9.04. The average molecular weight is 194 g/mol. The highest BCUT2D eigenvalue weighted by atomic mass is 16.3. The normalized spacial score (nSPS) is 9.86. The number of carbonyl (C=O) groups is 1. The van der Waals surface area contributed by atoms with Gasteiger partial charge in [0.2, 0.25) is 0 Å². The van der Waals surface area contributed by atoms with E-state index < -0.39 is 0 Å². The van der Waals surface area contributed by atoms with Gasteiger partial charge in [0.1, 0.15) is 5.75 Å². The smallest absolute Gasteiger partial charge is 0.253 e. The van der Waals surface area contributed by atoms with Gasteiger partial charge in [0, 0.05) is 25.7 Å². The number of phenolic OH excluding ortho intramolecular Hbond substituents is 1. The summed E-state index contributed by atoms with van der Waals surface area (Å²) >= 11 is 0. The molecule has 0 heterocycles. The van der Waals surface area contributed by atoms with Crippen molar-refractivity contribution >= 4 is 5.91 Å². The fourth-order valence-corrected chi connectivity index (χ4v) is 1.12. The van der Waals surface area contributed by atoms with E-state index in [0.29, 0.717) is 18.7 Å². The second-order valence-electron chi connectivity index (χ2n) is 3.06. The van der Waals surface area contributed by atoms with E-state index in [9.17, 15) is 4.79 Å². The molecule has 3 N–H and O–H groups in total. The lowest BCUT2D eigenvalue weighted by Crippen LogP contribution is -2.31. The first-order valence-electron chi connectivity index (χ1n) is 4.39. The van der Waals surface area contributed by atoms with Crippen LogP contribution in [0.4, 0.5) is 0 Å². The van der Waals surface area contributed by atoms with E-state index in [1.165, 1.54) is 12.1 Å². The molecule has 0 aliphatic heterocycles. The standard InChI is InChI=1S/C10H14N2O2/c1-12(7-6-11)10(14)8-2-4-9(13)5-3-8/h2-5,13H,6-7,11H2,1H3. The zero-order valence-electron chi connectivity index (χ0n) is 8.10. The van der Waals surface area contributed by atoms with E-state index in [2.05, 4.69) is 0 Å². The van der Waals surface area contributed by atoms with Crippen LogP contribution in [0.25, 0.3) is 0 Å². The van der Waals surface area contributed by atoms with Crippen LogP contribution < -0.4 is 5.73 Å². The molecule has 1 aromatic carbocycles. The van der Waals surface area contributed by atoms with Crippen LogP contribution in [-0.2, 0) is 0 Å². The van der Waals surface area contributed by atoms with Crippen LogP contribution in [0.3, 0.4) is 0 Å². The van der Waals surface area contributed by atoms with E-state index in [-0.39, 0.29) is 11.7 Å². The van der Waals surface area contributed by atoms with E-state index in [4.69, 9.17) is 10.8 Å². The molecule has 4 heteroatoms. The molecule has 4 nitrogen and oxygen atoms in total. The average Bonchev–Trinajstić information content (AvgIpc) is 2.18. The molecule has 1 rings (SSSR count). The summed E-state index contributed by atoms with van der Waals surface area (Å²) in [4.78, 5) is 13.2. The zero-order chi connectivity index (χ0) is 10.6. The van der Waals surface area contributed by atoms with Crippen molar-refractivity contribution in [2.24, 2.45) is 5.73 Å². The molecule has 0 aliphatic rings. The van der Waals surface area contributed by atoms with Crippen molar-refractivity contribution in [2.75, 3.05) is 20.1 Å². The van der Waals surface area contributed by atoms with Crippen LogP contribution >= 0.6 is 0 Å². The lowest BCUT2D eigenvalue weighted by molar-refractivity contribution is 0.0799. The predicted octanol–water partition coefficient (Wildman–Crippen LogP) is 0.423. The maximum atomic E-state index is 11.6. The van der Waals surface area contributed by atoms with E-state index in [1.54, 1.807) is 24.1 Å². The first-order valence-corrected chi connectivity index (χ1v) is 4.39. The summed E-state index contributed by atoms with van der Waals surface area (Å²) in [6.07, 6.45) is 0. The maximum absolute atomic E-state index is 11.6. The Balaban J connectivity index is 2.74. The lowest BCUT2D eigenvalue weighted by atomic mass is 10.2. The summed E-state index contributed by atoms with van der Waals surface area (Å²) < 4.78 is 0. The second-order valence-corrected chi connectivity index (χ2v) is 3.06. The largest absolute Gasteiger partial charge is 0.508 e. The molecule has 0 aliphatic carbocycles. The van der Waals surface area contributed by atoms with Gasteiger partial charge in [-0.3, -0.25) is 4.79 Å². The van der Waals surface area contributed by atoms with Gasteiger partial charge in [0.05, 0.1) is 0 Å². The first kappa shape index (κ1) is 10.5. The molecule has 76 valence electrons. The van der Waals surface area contributed by atoms with Crippen molar-refractivity contribution in [3.05, 3.63) is 29.8 Å². The quantitative estimate of drug-likeness (QED) is 0.733. The summed E-state index contributed by atoms with van der Waals surface area (Å²) in [5.41, 5.74) is 5.89. The molecule has 0 aromatic heterocycles. The number of amides is 1. The van der Waals surface area contributed by atoms with Crippen LogP contribution in [0.2, 0.25) is 0 Å². The van der Waals surface area contributed by atoms with Gasteiger partial charge < -0.3 is 15.7 Å². The Hall–Kier alpha value is -1.55. The molecule has 0 saturated heterocycles. The van der Waals surface area contributed by atoms with Crippen molar-refractivity contribution in [1.29, 1.82) is 0 Å². The summed E-state index contributed by atoms with van der Waals surface area (Å²) in [5.74, 6) is 0.0680. The summed E-state index contributed by atoms with van der Waals surface area (Å²) in [6.45, 7) is 0.972. The maximum Gasteiger partial charge on any atom is 0.253 e. The van der Waals surface area contributed by atoms with Crippen LogP contribution in [0.5, 0.6) is 5.75 Å². The van der Waals surface area contributed by atoms with Crippen molar-refractivity contribution < 1.29 is 9.90 Å². The third-order valence-corrected chi connectivity index (χ3v) is 1.93. The molecule has 0 fully saturated rings. The predicted molar refractivity (Wildman–Crippen MR) is 54.1 cm³/mol. The van der Waals surface area contributed by atoms with Crippen molar-refractivity contribution in [3.63, 3.8) is 0 Å². The highest BCUT2D eigenvalue weighted by Gasteiger charge is 2.09. The number of phenols is 1. The molecule has 0 bridgehead atoms. The van der Waals surface area contributed by atoms with Gasteiger partial charge in [-0.25, -0.2) is 0 Å². The first-order chi connectivity index (χ1) is 6.65. The van der Waals surface area contributed by atoms with Crippen LogP contribution in [-0.4, -0.2) is 36.1 Å². The topological polar surface area (TPSA) is 66.6 Å². The van der Waals surface area contributed by atoms with Gasteiger partial charge in [-0.1, -0.05) is 0 Å². The SMILES string of the molecule is CN(CCN)C(=O)c1ccc(O)cc1. The Kier molecular flexibility index (Phi) is 3.48. The van der Waals surface area contributed by atoms with Gasteiger partial charge in [-0.2, -0.15) is 0 Å². The molecule has 0 spiro atoms. The van der Waals surface area contributed by atoms with Gasteiger partial charge in [-0.15, -0.1) is 0 Å². The molecule has 1 aromatic rings. The zero-order valence-corrected chi connectivity index (χ0v) is 8.10. The van der Waals surface area contributed by atoms with Gasteiger partial charge >= 0.3 is 0 Å². The Morgan fingerprint density at radius 3 is 2.50 bits per heavy atom. The van der Waals surface area contributed by atoms with Gasteiger partial charge in [-0.05, 0) is 24.3 Å². The molecule has 0 atom stereocenters. The Morgan fingerprint density at radius 2 is 2.00 bits per heavy atom. The monoisotopic (exact) mass is 194 g/mol. The van der Waals surface area contributed by atoms with Crippen LogP contribution in [0.1, 0.15) is 10.4 Å². The molecule has 14 heavy (non-hydrogen) atoms. The molecule has 0 unspecified atom stereocenters. The Morgan fingerprint density at radius 1 is 1.43 bits per heavy atom. The minimum Gasteiger partial charge on any atom is -0.508 e. The highest BCUT2D eigenvalue weighted by Crippen LogP contribution is 2.10. The summed E-state index contributed by atoms with van der Waals surface area (Å²) in [6, 6.07) is 6.16. The summed E-state index contributed by atoms with van der Waals surface area (Å²) in [7, 11) is 1.70. The Bertz CT molecular complexity index is 308. The van der Waals surface area contributed by atoms with Crippen LogP contribution in [0, 0.1) is 0 Å². The molecule has 0 radical (unpaired) electrons. The minimum atomic E-state index is -0.0875. The number of aromatic hydroxyl groups is 1. The number of likely N-dealkylation sites (N-methyl/N-ethyl adjacent to an activating group) is 1. The van der Waals surface area contributed by atoms with Crippen molar-refractivity contribution in [2.45, 2.75) is 0 Å². The number of carbonyl (C=O) groups excluding carboxylic acids is 1. The third kappa shape index (κ3) is 2.47. The number of hydrogen-bond acceptors (Lipinski definition) is 3. The number of nitrogens with zero attached hydrogens (tertiary/aromatic N) is 1. The second kappa shape index (κ2) is 4.62.